The van der Waals surface area contributed by atoms with Crippen LogP contribution < -0.4 is 25.4 Å². The van der Waals surface area contributed by atoms with E-state index in [1.54, 1.807) is 18.2 Å². The molecule has 14 nitrogen and oxygen atoms in total. The van der Waals surface area contributed by atoms with Crippen LogP contribution in [0.25, 0.3) is 0 Å². The Morgan fingerprint density at radius 2 is 1.60 bits per heavy atom. The van der Waals surface area contributed by atoms with E-state index in [2.05, 4.69) is 39.9 Å². The molecule has 0 radical (unpaired) electrons. The van der Waals surface area contributed by atoms with Crippen molar-refractivity contribution in [3.8, 4) is 11.5 Å². The molecule has 0 bridgehead atoms. The summed E-state index contributed by atoms with van der Waals surface area (Å²) >= 11 is 0. The molecule has 1 fully saturated rings. The third-order valence-electron chi connectivity index (χ3n) is 8.77. The van der Waals surface area contributed by atoms with Gasteiger partial charge in [0.25, 0.3) is 29.4 Å². The van der Waals surface area contributed by atoms with Crippen LogP contribution in [0.5, 0.6) is 11.5 Å². The number of piperidine rings is 1. The van der Waals surface area contributed by atoms with E-state index in [9.17, 15) is 24.0 Å². The number of imide groups is 2. The smallest absolute Gasteiger partial charge is 0.292 e. The van der Waals surface area contributed by atoms with Gasteiger partial charge in [0.05, 0.1) is 17.7 Å². The van der Waals surface area contributed by atoms with Crippen LogP contribution in [0.2, 0.25) is 0 Å². The maximum absolute atomic E-state index is 13.1. The molecule has 1 unspecified atom stereocenters. The molecule has 0 spiro atoms. The molecule has 1 saturated heterocycles. The van der Waals surface area contributed by atoms with Crippen molar-refractivity contribution in [2.75, 3.05) is 25.5 Å². The normalized spacial score (nSPS) is 15.8. The van der Waals surface area contributed by atoms with E-state index in [0.29, 0.717) is 31.0 Å². The average molecular weight is 681 g/mol. The Balaban J connectivity index is 0.958. The maximum Gasteiger partial charge on any atom is 0.292 e. The third kappa shape index (κ3) is 7.04. The Hall–Kier alpha value is -6.05. The summed E-state index contributed by atoms with van der Waals surface area (Å²) in [6.07, 6.45) is 0.862. The second kappa shape index (κ2) is 14.2. The van der Waals surface area contributed by atoms with Gasteiger partial charge in [-0.25, -0.2) is 0 Å². The molecule has 6 rings (SSSR count). The van der Waals surface area contributed by atoms with Crippen LogP contribution in [0.4, 0.5) is 5.69 Å². The van der Waals surface area contributed by atoms with Crippen molar-refractivity contribution in [2.45, 2.75) is 51.2 Å². The fourth-order valence-corrected chi connectivity index (χ4v) is 5.84. The van der Waals surface area contributed by atoms with Crippen LogP contribution in [-0.2, 0) is 21.6 Å². The molecule has 2 aliphatic heterocycles. The lowest BCUT2D eigenvalue weighted by Crippen LogP contribution is -2.54. The summed E-state index contributed by atoms with van der Waals surface area (Å²) in [6.45, 7) is 5.33. The molecule has 2 aliphatic rings. The van der Waals surface area contributed by atoms with Gasteiger partial charge in [0.1, 0.15) is 17.5 Å². The van der Waals surface area contributed by atoms with Crippen LogP contribution in [0.3, 0.4) is 0 Å². The van der Waals surface area contributed by atoms with E-state index >= 15 is 0 Å². The largest absolute Gasteiger partial charge is 0.494 e. The minimum absolute atomic E-state index is 0.0362. The number of anilines is 1. The molecule has 3 heterocycles. The Morgan fingerprint density at radius 3 is 2.26 bits per heavy atom. The number of amides is 5. The minimum atomic E-state index is -0.996. The van der Waals surface area contributed by atoms with Gasteiger partial charge in [-0.05, 0) is 66.4 Å². The maximum atomic E-state index is 13.1. The zero-order chi connectivity index (χ0) is 35.4. The number of nitrogens with one attached hydrogen (secondary N) is 3. The second-order valence-corrected chi connectivity index (χ2v) is 12.4. The Labute approximate surface area is 287 Å². The van der Waals surface area contributed by atoms with Gasteiger partial charge in [-0.1, -0.05) is 43.3 Å². The molecule has 0 saturated carbocycles. The molecule has 3 N–H and O–H groups in total. The minimum Gasteiger partial charge on any atom is -0.494 e. The number of carbonyl (C=O) groups is 5. The lowest BCUT2D eigenvalue weighted by Gasteiger charge is -2.27. The standard InChI is InChI=1S/C36H36N6O8/c1-36(2,22-7-12-25(13-8-22)49-20-30-40-31(41-50-30)33(45)37-3)21-5-10-24(11-6-21)48-18-4-17-38-23-9-14-26-27(19-23)35(47)42(34(26)46)28-15-16-29(43)39-32(28)44/h5-14,19,28,38H,4,15-18,20H2,1-3H3,(H,37,45)(H,39,43,44). The predicted octanol–water partition coefficient (Wildman–Crippen LogP) is 3.62. The van der Waals surface area contributed by atoms with Gasteiger partial charge in [0, 0.05) is 31.1 Å². The number of ether oxygens (including phenoxy) is 2. The summed E-state index contributed by atoms with van der Waals surface area (Å²) < 4.78 is 16.8. The number of nitrogens with zero attached hydrogens (tertiary/aromatic N) is 3. The van der Waals surface area contributed by atoms with Gasteiger partial charge in [-0.3, -0.25) is 34.2 Å². The number of hydrogen-bond donors (Lipinski definition) is 3. The van der Waals surface area contributed by atoms with Gasteiger partial charge < -0.3 is 24.6 Å². The molecule has 4 aromatic rings. The number of fused-ring (bicyclic) bond motifs is 1. The first kappa shape index (κ1) is 33.8. The molecule has 5 amide bonds. The number of rotatable bonds is 13. The highest BCUT2D eigenvalue weighted by Gasteiger charge is 2.44. The number of aromatic nitrogens is 2. The van der Waals surface area contributed by atoms with E-state index in [4.69, 9.17) is 14.0 Å². The zero-order valence-corrected chi connectivity index (χ0v) is 27.8. The highest BCUT2D eigenvalue weighted by Crippen LogP contribution is 2.34. The topological polar surface area (TPSA) is 182 Å². The predicted molar refractivity (Wildman–Crippen MR) is 179 cm³/mol. The average Bonchev–Trinajstić information content (AvgIpc) is 3.69. The first-order chi connectivity index (χ1) is 24.0. The van der Waals surface area contributed by atoms with Crippen molar-refractivity contribution in [2.24, 2.45) is 0 Å². The molecular formula is C36H36N6O8. The fraction of sp³-hybridized carbons (Fsp3) is 0.306. The van der Waals surface area contributed by atoms with Crippen molar-refractivity contribution in [1.82, 2.24) is 25.7 Å². The first-order valence-corrected chi connectivity index (χ1v) is 16.2. The molecule has 1 aromatic heterocycles. The van der Waals surface area contributed by atoms with Gasteiger partial charge in [-0.15, -0.1) is 0 Å². The van der Waals surface area contributed by atoms with E-state index < -0.39 is 35.6 Å². The fourth-order valence-electron chi connectivity index (χ4n) is 5.84. The Morgan fingerprint density at radius 1 is 0.940 bits per heavy atom. The summed E-state index contributed by atoms with van der Waals surface area (Å²) in [6, 6.07) is 19.6. The van der Waals surface area contributed by atoms with Crippen molar-refractivity contribution in [1.29, 1.82) is 0 Å². The molecule has 50 heavy (non-hydrogen) atoms. The highest BCUT2D eigenvalue weighted by molar-refractivity contribution is 6.23. The summed E-state index contributed by atoms with van der Waals surface area (Å²) in [5.41, 5.74) is 3.04. The molecule has 258 valence electrons. The lowest BCUT2D eigenvalue weighted by molar-refractivity contribution is -0.136. The van der Waals surface area contributed by atoms with Crippen LogP contribution in [-0.4, -0.2) is 70.8 Å². The lowest BCUT2D eigenvalue weighted by atomic mass is 9.78. The monoisotopic (exact) mass is 680 g/mol. The van der Waals surface area contributed by atoms with Gasteiger partial charge in [-0.2, -0.15) is 4.98 Å². The molecule has 1 atom stereocenters. The van der Waals surface area contributed by atoms with Gasteiger partial charge >= 0.3 is 0 Å². The molecular weight excluding hydrogens is 644 g/mol. The van der Waals surface area contributed by atoms with E-state index in [0.717, 1.165) is 21.8 Å². The Bertz CT molecular complexity index is 1940. The zero-order valence-electron chi connectivity index (χ0n) is 27.8. The molecule has 0 aliphatic carbocycles. The number of benzene rings is 3. The summed E-state index contributed by atoms with van der Waals surface area (Å²) in [4.78, 5) is 66.3. The van der Waals surface area contributed by atoms with Gasteiger partial charge in [0.15, 0.2) is 6.61 Å². The van der Waals surface area contributed by atoms with Crippen molar-refractivity contribution in [3.05, 3.63) is 101 Å². The van der Waals surface area contributed by atoms with Crippen LogP contribution in [0, 0.1) is 0 Å². The Kier molecular flexibility index (Phi) is 9.61. The quantitative estimate of drug-likeness (QED) is 0.139. The summed E-state index contributed by atoms with van der Waals surface area (Å²) in [7, 11) is 1.49. The second-order valence-electron chi connectivity index (χ2n) is 12.4. The SMILES string of the molecule is CNC(=O)c1noc(COc2ccc(C(C)(C)c3ccc(OCCCNc4ccc5c(c4)C(=O)N(C4CCC(=O)NC4=O)C5=O)cc3)cc2)n1. The van der Waals surface area contributed by atoms with E-state index in [1.165, 1.54) is 7.05 Å². The van der Waals surface area contributed by atoms with Gasteiger partial charge in [0.2, 0.25) is 11.8 Å². The van der Waals surface area contributed by atoms with Crippen LogP contribution in [0.1, 0.15) is 81.5 Å². The number of carbonyl (C=O) groups excluding carboxylic acids is 5. The van der Waals surface area contributed by atoms with E-state index in [1.807, 2.05) is 48.5 Å². The summed E-state index contributed by atoms with van der Waals surface area (Å²) in [5.74, 6) is -1.04. The third-order valence-corrected chi connectivity index (χ3v) is 8.77. The van der Waals surface area contributed by atoms with Crippen LogP contribution in [0.15, 0.2) is 71.3 Å². The first-order valence-electron chi connectivity index (χ1n) is 16.2. The van der Waals surface area contributed by atoms with Crippen molar-refractivity contribution < 1.29 is 38.0 Å². The molecule has 3 aromatic carbocycles. The number of hydrogen-bond acceptors (Lipinski definition) is 11. The van der Waals surface area contributed by atoms with E-state index in [-0.39, 0.29) is 47.7 Å². The highest BCUT2D eigenvalue weighted by atomic mass is 16.5. The summed E-state index contributed by atoms with van der Waals surface area (Å²) in [5, 5.41) is 11.5. The molecule has 14 heteroatoms. The van der Waals surface area contributed by atoms with Crippen molar-refractivity contribution >= 4 is 35.2 Å². The van der Waals surface area contributed by atoms with Crippen molar-refractivity contribution in [3.63, 3.8) is 0 Å². The van der Waals surface area contributed by atoms with Crippen LogP contribution >= 0.6 is 0 Å².